The van der Waals surface area contributed by atoms with E-state index in [1.807, 2.05) is 30.3 Å². The summed E-state index contributed by atoms with van der Waals surface area (Å²) in [5, 5.41) is 8.95. The summed E-state index contributed by atoms with van der Waals surface area (Å²) in [6, 6.07) is 10.4. The van der Waals surface area contributed by atoms with E-state index in [-0.39, 0.29) is 17.9 Å². The molecule has 1 heterocycles. The number of rotatable bonds is 3. The third-order valence-electron chi connectivity index (χ3n) is 2.31. The molecular weight excluding hydrogens is 220 g/mol. The summed E-state index contributed by atoms with van der Waals surface area (Å²) in [4.78, 5) is 26.2. The molecule has 0 spiro atoms. The van der Waals surface area contributed by atoms with Gasteiger partial charge in [0.2, 0.25) is 5.82 Å². The smallest absolute Gasteiger partial charge is 0.372 e. The number of hydrogen-bond acceptors (Lipinski definition) is 3. The molecule has 2 rings (SSSR count). The SMILES string of the molecule is O=C(O)c1nccc(=O)n1Cc1ccccc1. The Labute approximate surface area is 97.0 Å². The van der Waals surface area contributed by atoms with Crippen LogP contribution in [0.5, 0.6) is 0 Å². The molecule has 0 saturated carbocycles. The van der Waals surface area contributed by atoms with Crippen molar-refractivity contribution in [3.8, 4) is 0 Å². The average Bonchev–Trinajstić information content (AvgIpc) is 2.33. The third-order valence-corrected chi connectivity index (χ3v) is 2.31. The van der Waals surface area contributed by atoms with Gasteiger partial charge in [-0.1, -0.05) is 30.3 Å². The second-order valence-electron chi connectivity index (χ2n) is 3.48. The van der Waals surface area contributed by atoms with E-state index in [0.29, 0.717) is 0 Å². The highest BCUT2D eigenvalue weighted by Crippen LogP contribution is 2.02. The predicted octanol–water partition coefficient (Wildman–Crippen LogP) is 0.990. The number of aromatic carboxylic acids is 1. The third kappa shape index (κ3) is 2.39. The zero-order valence-corrected chi connectivity index (χ0v) is 8.91. The van der Waals surface area contributed by atoms with E-state index in [4.69, 9.17) is 5.11 Å². The van der Waals surface area contributed by atoms with Crippen molar-refractivity contribution in [2.24, 2.45) is 0 Å². The summed E-state index contributed by atoms with van der Waals surface area (Å²) in [5.41, 5.74) is 0.478. The molecule has 5 nitrogen and oxygen atoms in total. The van der Waals surface area contributed by atoms with Crippen LogP contribution in [0, 0.1) is 0 Å². The molecule has 1 N–H and O–H groups in total. The van der Waals surface area contributed by atoms with E-state index in [1.165, 1.54) is 12.3 Å². The highest BCUT2D eigenvalue weighted by atomic mass is 16.4. The Balaban J connectivity index is 2.45. The van der Waals surface area contributed by atoms with Crippen LogP contribution in [0.15, 0.2) is 47.4 Å². The van der Waals surface area contributed by atoms with E-state index in [2.05, 4.69) is 4.98 Å². The van der Waals surface area contributed by atoms with E-state index in [9.17, 15) is 9.59 Å². The van der Waals surface area contributed by atoms with Crippen LogP contribution in [0.25, 0.3) is 0 Å². The number of aromatic nitrogens is 2. The van der Waals surface area contributed by atoms with Gasteiger partial charge in [0.1, 0.15) is 0 Å². The first-order chi connectivity index (χ1) is 8.18. The Morgan fingerprint density at radius 1 is 1.24 bits per heavy atom. The lowest BCUT2D eigenvalue weighted by Crippen LogP contribution is -2.27. The molecule has 17 heavy (non-hydrogen) atoms. The molecule has 0 aliphatic rings. The largest absolute Gasteiger partial charge is 0.475 e. The molecule has 0 amide bonds. The molecule has 0 fully saturated rings. The molecule has 86 valence electrons. The van der Waals surface area contributed by atoms with E-state index < -0.39 is 5.97 Å². The van der Waals surface area contributed by atoms with Gasteiger partial charge in [-0.3, -0.25) is 9.36 Å². The van der Waals surface area contributed by atoms with E-state index >= 15 is 0 Å². The first-order valence-corrected chi connectivity index (χ1v) is 5.01. The number of nitrogens with zero attached hydrogens (tertiary/aromatic N) is 2. The van der Waals surface area contributed by atoms with Gasteiger partial charge in [-0.15, -0.1) is 0 Å². The molecule has 0 radical (unpaired) electrons. The number of carboxylic acid groups (broad SMARTS) is 1. The second kappa shape index (κ2) is 4.61. The number of carboxylic acids is 1. The van der Waals surface area contributed by atoms with Crippen molar-refractivity contribution in [1.82, 2.24) is 9.55 Å². The fourth-order valence-corrected chi connectivity index (χ4v) is 1.53. The van der Waals surface area contributed by atoms with Crippen LogP contribution in [0.2, 0.25) is 0 Å². The highest BCUT2D eigenvalue weighted by Gasteiger charge is 2.12. The van der Waals surface area contributed by atoms with Crippen LogP contribution in [-0.2, 0) is 6.54 Å². The summed E-state index contributed by atoms with van der Waals surface area (Å²) >= 11 is 0. The standard InChI is InChI=1S/C12H10N2O3/c15-10-6-7-13-11(12(16)17)14(10)8-9-4-2-1-3-5-9/h1-7H,8H2,(H,16,17). The second-order valence-corrected chi connectivity index (χ2v) is 3.48. The minimum Gasteiger partial charge on any atom is -0.475 e. The van der Waals surface area contributed by atoms with Gasteiger partial charge < -0.3 is 5.11 Å². The lowest BCUT2D eigenvalue weighted by atomic mass is 10.2. The molecule has 1 aromatic heterocycles. The Hall–Kier alpha value is -2.43. The summed E-state index contributed by atoms with van der Waals surface area (Å²) in [6.45, 7) is 0.204. The Morgan fingerprint density at radius 3 is 2.59 bits per heavy atom. The van der Waals surface area contributed by atoms with E-state index in [1.54, 1.807) is 0 Å². The van der Waals surface area contributed by atoms with Crippen LogP contribution < -0.4 is 5.56 Å². The molecule has 0 saturated heterocycles. The van der Waals surface area contributed by atoms with Gasteiger partial charge >= 0.3 is 5.97 Å². The zero-order valence-electron chi connectivity index (χ0n) is 8.91. The van der Waals surface area contributed by atoms with Gasteiger partial charge in [0.25, 0.3) is 5.56 Å². The molecule has 0 bridgehead atoms. The van der Waals surface area contributed by atoms with Crippen molar-refractivity contribution < 1.29 is 9.90 Å². The summed E-state index contributed by atoms with van der Waals surface area (Å²) < 4.78 is 1.14. The van der Waals surface area contributed by atoms with Crippen molar-refractivity contribution in [2.75, 3.05) is 0 Å². The van der Waals surface area contributed by atoms with Gasteiger partial charge in [-0.25, -0.2) is 9.78 Å². The minimum absolute atomic E-state index is 0.204. The van der Waals surface area contributed by atoms with Crippen LogP contribution in [0.1, 0.15) is 16.2 Å². The van der Waals surface area contributed by atoms with E-state index in [0.717, 1.165) is 10.1 Å². The fourth-order valence-electron chi connectivity index (χ4n) is 1.53. The van der Waals surface area contributed by atoms with Crippen molar-refractivity contribution in [1.29, 1.82) is 0 Å². The monoisotopic (exact) mass is 230 g/mol. The lowest BCUT2D eigenvalue weighted by Gasteiger charge is -2.08. The molecule has 0 atom stereocenters. The molecule has 0 unspecified atom stereocenters. The lowest BCUT2D eigenvalue weighted by molar-refractivity contribution is 0.0676. The van der Waals surface area contributed by atoms with Crippen molar-refractivity contribution in [3.05, 3.63) is 64.3 Å². The van der Waals surface area contributed by atoms with Crippen molar-refractivity contribution in [3.63, 3.8) is 0 Å². The molecule has 2 aromatic rings. The summed E-state index contributed by atoms with van der Waals surface area (Å²) in [7, 11) is 0. The Morgan fingerprint density at radius 2 is 1.94 bits per heavy atom. The van der Waals surface area contributed by atoms with Crippen molar-refractivity contribution in [2.45, 2.75) is 6.54 Å². The van der Waals surface area contributed by atoms with Gasteiger partial charge in [0, 0.05) is 12.3 Å². The quantitative estimate of drug-likeness (QED) is 0.853. The molecule has 5 heteroatoms. The number of carbonyl (C=O) groups is 1. The van der Waals surface area contributed by atoms with Crippen molar-refractivity contribution >= 4 is 5.97 Å². The van der Waals surface area contributed by atoms with Crippen LogP contribution in [0.4, 0.5) is 0 Å². The first-order valence-electron chi connectivity index (χ1n) is 5.01. The minimum atomic E-state index is -1.21. The van der Waals surface area contributed by atoms with Gasteiger partial charge in [-0.2, -0.15) is 0 Å². The fraction of sp³-hybridized carbons (Fsp3) is 0.0833. The molecule has 0 aliphatic heterocycles. The predicted molar refractivity (Wildman–Crippen MR) is 61.0 cm³/mol. The zero-order chi connectivity index (χ0) is 12.3. The maximum atomic E-state index is 11.6. The highest BCUT2D eigenvalue weighted by molar-refractivity contribution is 5.83. The van der Waals surface area contributed by atoms with Crippen LogP contribution in [-0.4, -0.2) is 20.6 Å². The van der Waals surface area contributed by atoms with Gasteiger partial charge in [-0.05, 0) is 5.56 Å². The average molecular weight is 230 g/mol. The number of benzene rings is 1. The number of hydrogen-bond donors (Lipinski definition) is 1. The topological polar surface area (TPSA) is 72.2 Å². The molecule has 0 aliphatic carbocycles. The maximum Gasteiger partial charge on any atom is 0.372 e. The Bertz CT molecular complexity index is 590. The summed E-state index contributed by atoms with van der Waals surface area (Å²) in [6.07, 6.45) is 1.20. The van der Waals surface area contributed by atoms with Crippen LogP contribution >= 0.6 is 0 Å². The van der Waals surface area contributed by atoms with Crippen LogP contribution in [0.3, 0.4) is 0 Å². The first kappa shape index (κ1) is 11.1. The normalized spacial score (nSPS) is 10.1. The summed E-state index contributed by atoms with van der Waals surface area (Å²) in [5.74, 6) is -1.46. The van der Waals surface area contributed by atoms with Gasteiger partial charge in [0.05, 0.1) is 6.54 Å². The Kier molecular flexibility index (Phi) is 3.00. The maximum absolute atomic E-state index is 11.6. The van der Waals surface area contributed by atoms with Gasteiger partial charge in [0.15, 0.2) is 0 Å². The molecular formula is C12H10N2O3. The molecule has 1 aromatic carbocycles.